The lowest BCUT2D eigenvalue weighted by Gasteiger charge is -2.28. The maximum atomic E-state index is 13.6. The zero-order valence-electron chi connectivity index (χ0n) is 10.7. The van der Waals surface area contributed by atoms with Crippen molar-refractivity contribution in [2.24, 2.45) is 0 Å². The predicted molar refractivity (Wildman–Crippen MR) is 74.7 cm³/mol. The molecule has 0 aromatic carbocycles. The lowest BCUT2D eigenvalue weighted by molar-refractivity contribution is 0.469. The summed E-state index contributed by atoms with van der Waals surface area (Å²) in [5.74, 6) is 0.361. The second kappa shape index (κ2) is 6.22. The fourth-order valence-electron chi connectivity index (χ4n) is 2.23. The normalized spacial score (nSPS) is 23.7. The Morgan fingerprint density at radius 1 is 1.33 bits per heavy atom. The van der Waals surface area contributed by atoms with Gasteiger partial charge in [-0.2, -0.15) is 16.7 Å². The summed E-state index contributed by atoms with van der Waals surface area (Å²) >= 11 is 1.93. The average molecular weight is 270 g/mol. The van der Waals surface area contributed by atoms with Crippen molar-refractivity contribution in [2.75, 3.05) is 23.9 Å². The Labute approximate surface area is 111 Å². The van der Waals surface area contributed by atoms with Crippen molar-refractivity contribution in [3.05, 3.63) is 12.0 Å². The second-order valence-corrected chi connectivity index (χ2v) is 5.63. The average Bonchev–Trinajstić information content (AvgIpc) is 2.42. The summed E-state index contributed by atoms with van der Waals surface area (Å²) < 4.78 is 13.6. The van der Waals surface area contributed by atoms with Gasteiger partial charge in [-0.1, -0.05) is 0 Å². The molecule has 0 spiro atoms. The number of hydrogen-bond acceptors (Lipinski definition) is 5. The van der Waals surface area contributed by atoms with Gasteiger partial charge in [-0.05, 0) is 31.9 Å². The first kappa shape index (κ1) is 13.4. The van der Waals surface area contributed by atoms with E-state index in [-0.39, 0.29) is 5.82 Å². The first-order chi connectivity index (χ1) is 8.72. The third-order valence-electron chi connectivity index (χ3n) is 3.32. The largest absolute Gasteiger partial charge is 0.365 e. The molecule has 1 fully saturated rings. The van der Waals surface area contributed by atoms with Gasteiger partial charge < -0.3 is 10.6 Å². The molecule has 0 amide bonds. The van der Waals surface area contributed by atoms with Crippen LogP contribution in [0.2, 0.25) is 0 Å². The van der Waals surface area contributed by atoms with E-state index < -0.39 is 0 Å². The smallest absolute Gasteiger partial charge is 0.224 e. The molecule has 2 rings (SSSR count). The van der Waals surface area contributed by atoms with E-state index >= 15 is 0 Å². The Morgan fingerprint density at radius 3 is 2.67 bits per heavy atom. The van der Waals surface area contributed by atoms with Crippen LogP contribution >= 0.6 is 11.8 Å². The van der Waals surface area contributed by atoms with E-state index in [1.165, 1.54) is 19.0 Å². The molecule has 0 aliphatic heterocycles. The van der Waals surface area contributed by atoms with Gasteiger partial charge >= 0.3 is 0 Å². The first-order valence-corrected chi connectivity index (χ1v) is 7.51. The van der Waals surface area contributed by atoms with Gasteiger partial charge in [-0.3, -0.25) is 0 Å². The van der Waals surface area contributed by atoms with Crippen molar-refractivity contribution < 1.29 is 4.39 Å². The fourth-order valence-corrected chi connectivity index (χ4v) is 2.97. The topological polar surface area (TPSA) is 49.8 Å². The van der Waals surface area contributed by atoms with Crippen LogP contribution in [0.1, 0.15) is 25.7 Å². The molecule has 2 N–H and O–H groups in total. The number of rotatable bonds is 4. The standard InChI is InChI=1S/C12H19FN4S/c1-14-12-15-7-10(13)11(17-12)16-8-3-5-9(18-2)6-4-8/h7-9H,3-6H2,1-2H3,(H2,14,15,16,17). The zero-order chi connectivity index (χ0) is 13.0. The third-order valence-corrected chi connectivity index (χ3v) is 4.45. The van der Waals surface area contributed by atoms with E-state index in [0.29, 0.717) is 17.8 Å². The maximum absolute atomic E-state index is 13.6. The van der Waals surface area contributed by atoms with Crippen LogP contribution in [0, 0.1) is 5.82 Å². The van der Waals surface area contributed by atoms with Crippen molar-refractivity contribution in [1.29, 1.82) is 0 Å². The SMILES string of the molecule is CNc1ncc(F)c(NC2CCC(SC)CC2)n1. The van der Waals surface area contributed by atoms with E-state index in [0.717, 1.165) is 18.1 Å². The number of nitrogens with zero attached hydrogens (tertiary/aromatic N) is 2. The van der Waals surface area contributed by atoms with E-state index in [1.54, 1.807) is 7.05 Å². The van der Waals surface area contributed by atoms with E-state index in [2.05, 4.69) is 26.9 Å². The Morgan fingerprint density at radius 2 is 2.06 bits per heavy atom. The third kappa shape index (κ3) is 3.25. The predicted octanol–water partition coefficient (Wildman–Crippen LogP) is 2.74. The van der Waals surface area contributed by atoms with Crippen molar-refractivity contribution in [3.63, 3.8) is 0 Å². The van der Waals surface area contributed by atoms with E-state index in [9.17, 15) is 4.39 Å². The number of nitrogens with one attached hydrogen (secondary N) is 2. The lowest BCUT2D eigenvalue weighted by Crippen LogP contribution is -2.28. The molecule has 1 saturated carbocycles. The van der Waals surface area contributed by atoms with Crippen molar-refractivity contribution in [1.82, 2.24) is 9.97 Å². The van der Waals surface area contributed by atoms with Crippen molar-refractivity contribution in [2.45, 2.75) is 37.0 Å². The van der Waals surface area contributed by atoms with Crippen molar-refractivity contribution >= 4 is 23.5 Å². The van der Waals surface area contributed by atoms with Gasteiger partial charge in [0, 0.05) is 18.3 Å². The summed E-state index contributed by atoms with van der Waals surface area (Å²) in [5, 5.41) is 6.76. The fraction of sp³-hybridized carbons (Fsp3) is 0.667. The molecule has 1 aliphatic rings. The molecule has 1 aliphatic carbocycles. The number of thioether (sulfide) groups is 1. The quantitative estimate of drug-likeness (QED) is 0.881. The van der Waals surface area contributed by atoms with Crippen LogP contribution in [0.15, 0.2) is 6.20 Å². The van der Waals surface area contributed by atoms with Crippen LogP contribution in [-0.2, 0) is 0 Å². The van der Waals surface area contributed by atoms with Gasteiger partial charge in [0.2, 0.25) is 5.95 Å². The summed E-state index contributed by atoms with van der Waals surface area (Å²) in [5.41, 5.74) is 0. The first-order valence-electron chi connectivity index (χ1n) is 6.22. The van der Waals surface area contributed by atoms with Crippen LogP contribution in [0.4, 0.5) is 16.2 Å². The number of aromatic nitrogens is 2. The Kier molecular flexibility index (Phi) is 4.63. The maximum Gasteiger partial charge on any atom is 0.224 e. The molecule has 0 saturated heterocycles. The molecule has 0 unspecified atom stereocenters. The minimum absolute atomic E-state index is 0.307. The van der Waals surface area contributed by atoms with E-state index in [4.69, 9.17) is 0 Å². The Bertz CT molecular complexity index is 394. The second-order valence-electron chi connectivity index (χ2n) is 4.49. The van der Waals surface area contributed by atoms with Crippen LogP contribution in [0.3, 0.4) is 0 Å². The molecule has 0 bridgehead atoms. The Hall–Kier alpha value is -1.04. The number of anilines is 2. The highest BCUT2D eigenvalue weighted by Gasteiger charge is 2.21. The summed E-state index contributed by atoms with van der Waals surface area (Å²) in [7, 11) is 1.72. The highest BCUT2D eigenvalue weighted by molar-refractivity contribution is 7.99. The van der Waals surface area contributed by atoms with E-state index in [1.807, 2.05) is 11.8 Å². The van der Waals surface area contributed by atoms with Crippen LogP contribution in [-0.4, -0.2) is 34.6 Å². The summed E-state index contributed by atoms with van der Waals surface area (Å²) in [6, 6.07) is 0.322. The monoisotopic (exact) mass is 270 g/mol. The summed E-state index contributed by atoms with van der Waals surface area (Å²) in [6.45, 7) is 0. The molecule has 100 valence electrons. The number of halogens is 1. The molecule has 18 heavy (non-hydrogen) atoms. The molecule has 6 heteroatoms. The lowest BCUT2D eigenvalue weighted by atomic mass is 9.95. The van der Waals surface area contributed by atoms with Crippen molar-refractivity contribution in [3.8, 4) is 0 Å². The number of hydrogen-bond donors (Lipinski definition) is 2. The molecule has 1 heterocycles. The minimum atomic E-state index is -0.388. The Balaban J connectivity index is 1.97. The highest BCUT2D eigenvalue weighted by atomic mass is 32.2. The van der Waals surface area contributed by atoms with Gasteiger partial charge in [-0.25, -0.2) is 9.37 Å². The van der Waals surface area contributed by atoms with Crippen LogP contribution in [0.5, 0.6) is 0 Å². The van der Waals surface area contributed by atoms with Gasteiger partial charge in [0.25, 0.3) is 0 Å². The van der Waals surface area contributed by atoms with Gasteiger partial charge in [0.15, 0.2) is 11.6 Å². The summed E-state index contributed by atoms with van der Waals surface area (Å²) in [6.07, 6.45) is 7.87. The molecule has 4 nitrogen and oxygen atoms in total. The molecular formula is C12H19FN4S. The molecule has 1 aromatic heterocycles. The minimum Gasteiger partial charge on any atom is -0.365 e. The van der Waals surface area contributed by atoms with Gasteiger partial charge in [0.05, 0.1) is 6.20 Å². The van der Waals surface area contributed by atoms with Gasteiger partial charge in [0.1, 0.15) is 0 Å². The molecule has 1 aromatic rings. The highest BCUT2D eigenvalue weighted by Crippen LogP contribution is 2.28. The van der Waals surface area contributed by atoms with Gasteiger partial charge in [-0.15, -0.1) is 0 Å². The van der Waals surface area contributed by atoms with Crippen LogP contribution < -0.4 is 10.6 Å². The molecule has 0 radical (unpaired) electrons. The zero-order valence-corrected chi connectivity index (χ0v) is 11.6. The van der Waals surface area contributed by atoms with Crippen LogP contribution in [0.25, 0.3) is 0 Å². The molecular weight excluding hydrogens is 251 g/mol. The molecule has 0 atom stereocenters. The summed E-state index contributed by atoms with van der Waals surface area (Å²) in [4.78, 5) is 7.95.